The van der Waals surface area contributed by atoms with Gasteiger partial charge in [-0.2, -0.15) is 0 Å². The quantitative estimate of drug-likeness (QED) is 0.672. The van der Waals surface area contributed by atoms with Crippen LogP contribution in [-0.2, 0) is 4.57 Å². The van der Waals surface area contributed by atoms with Gasteiger partial charge in [0.2, 0.25) is 7.44 Å². The molecule has 4 nitrogen and oxygen atoms in total. The number of nitrogens with zero attached hydrogens (tertiary/aromatic N) is 2. The molecule has 0 amide bonds. The molecular formula is C9H20N3OP. The van der Waals surface area contributed by atoms with Gasteiger partial charge in [0.05, 0.1) is 6.29 Å². The normalized spacial score (nSPS) is 38.5. The van der Waals surface area contributed by atoms with Gasteiger partial charge in [0.15, 0.2) is 0 Å². The van der Waals surface area contributed by atoms with E-state index in [1.807, 2.05) is 14.1 Å². The summed E-state index contributed by atoms with van der Waals surface area (Å²) >= 11 is 0. The first-order valence-electron chi connectivity index (χ1n) is 5.37. The number of hydrogen-bond acceptors (Lipinski definition) is 2. The van der Waals surface area contributed by atoms with Crippen molar-refractivity contribution in [3.05, 3.63) is 0 Å². The maximum absolute atomic E-state index is 12.5. The summed E-state index contributed by atoms with van der Waals surface area (Å²) in [7, 11) is 1.55. The Morgan fingerprint density at radius 2 is 1.64 bits per heavy atom. The highest BCUT2D eigenvalue weighted by molar-refractivity contribution is 7.59. The summed E-state index contributed by atoms with van der Waals surface area (Å²) < 4.78 is 16.6. The summed E-state index contributed by atoms with van der Waals surface area (Å²) in [4.78, 5) is 0. The first-order chi connectivity index (χ1) is 6.61. The van der Waals surface area contributed by atoms with Crippen molar-refractivity contribution < 1.29 is 4.57 Å². The molecule has 1 aliphatic carbocycles. The molecule has 0 aromatic rings. The van der Waals surface area contributed by atoms with E-state index >= 15 is 0 Å². The molecule has 1 saturated carbocycles. The lowest BCUT2D eigenvalue weighted by atomic mass is 9.91. The minimum absolute atomic E-state index is 0.285. The molecule has 0 unspecified atom stereocenters. The van der Waals surface area contributed by atoms with E-state index < -0.39 is 7.44 Å². The molecule has 2 fully saturated rings. The van der Waals surface area contributed by atoms with Gasteiger partial charge >= 0.3 is 0 Å². The molecule has 0 radical (unpaired) electrons. The first kappa shape index (κ1) is 10.6. The second kappa shape index (κ2) is 3.60. The van der Waals surface area contributed by atoms with E-state index in [1.165, 1.54) is 25.7 Å². The Balaban J connectivity index is 2.28. The molecule has 0 aromatic heterocycles. The molecule has 82 valence electrons. The van der Waals surface area contributed by atoms with Gasteiger partial charge in [-0.05, 0) is 26.9 Å². The van der Waals surface area contributed by atoms with Crippen LogP contribution in [0.2, 0.25) is 0 Å². The minimum atomic E-state index is -2.39. The molecule has 14 heavy (non-hydrogen) atoms. The number of rotatable bonds is 1. The van der Waals surface area contributed by atoms with Gasteiger partial charge in [-0.3, -0.25) is 4.57 Å². The Kier molecular flexibility index (Phi) is 2.73. The zero-order valence-electron chi connectivity index (χ0n) is 9.02. The Morgan fingerprint density at radius 3 is 2.00 bits per heavy atom. The minimum Gasteiger partial charge on any atom is -0.322 e. The van der Waals surface area contributed by atoms with Crippen LogP contribution in [0.4, 0.5) is 0 Å². The molecule has 2 aliphatic rings. The van der Waals surface area contributed by atoms with Gasteiger partial charge in [-0.15, -0.1) is 0 Å². The fourth-order valence-corrected chi connectivity index (χ4v) is 5.33. The second-order valence-corrected chi connectivity index (χ2v) is 7.37. The van der Waals surface area contributed by atoms with Crippen molar-refractivity contribution in [2.24, 2.45) is 5.73 Å². The Hall–Kier alpha value is 0.110. The van der Waals surface area contributed by atoms with Crippen LogP contribution in [0.1, 0.15) is 25.7 Å². The smallest absolute Gasteiger partial charge is 0.229 e. The third-order valence-electron chi connectivity index (χ3n) is 3.88. The van der Waals surface area contributed by atoms with Gasteiger partial charge < -0.3 is 5.73 Å². The van der Waals surface area contributed by atoms with Crippen molar-refractivity contribution in [2.75, 3.05) is 20.4 Å². The van der Waals surface area contributed by atoms with Crippen LogP contribution < -0.4 is 5.73 Å². The maximum Gasteiger partial charge on any atom is 0.229 e. The SMILES string of the molecule is CN1[C@@H]2CCCC[C@H]2N(C)P1(=O)CN. The summed E-state index contributed by atoms with van der Waals surface area (Å²) in [6.45, 7) is 0. The molecule has 2 rings (SSSR count). The number of likely N-dealkylation sites (N-methyl/N-ethyl adjacent to an activating group) is 2. The van der Waals surface area contributed by atoms with Gasteiger partial charge in [0.1, 0.15) is 0 Å². The monoisotopic (exact) mass is 217 g/mol. The van der Waals surface area contributed by atoms with Crippen LogP contribution in [0.3, 0.4) is 0 Å². The second-order valence-electron chi connectivity index (χ2n) is 4.41. The lowest BCUT2D eigenvalue weighted by Crippen LogP contribution is -2.37. The van der Waals surface area contributed by atoms with E-state index in [1.54, 1.807) is 0 Å². The van der Waals surface area contributed by atoms with Gasteiger partial charge in [-0.1, -0.05) is 12.8 Å². The number of nitrogens with two attached hydrogens (primary N) is 1. The third-order valence-corrected chi connectivity index (χ3v) is 6.92. The molecule has 2 N–H and O–H groups in total. The van der Waals surface area contributed by atoms with E-state index in [4.69, 9.17) is 5.73 Å². The average Bonchev–Trinajstić information content (AvgIpc) is 2.43. The molecule has 1 heterocycles. The molecule has 1 saturated heterocycles. The molecule has 0 aromatic carbocycles. The van der Waals surface area contributed by atoms with E-state index in [0.717, 1.165) is 0 Å². The first-order valence-corrected chi connectivity index (χ1v) is 7.17. The van der Waals surface area contributed by atoms with Crippen LogP contribution in [0, 0.1) is 0 Å². The predicted octanol–water partition coefficient (Wildman–Crippen LogP) is 1.28. The van der Waals surface area contributed by atoms with Crippen molar-refractivity contribution in [3.63, 3.8) is 0 Å². The predicted molar refractivity (Wildman–Crippen MR) is 58.2 cm³/mol. The van der Waals surface area contributed by atoms with Crippen LogP contribution in [-0.4, -0.2) is 41.8 Å². The van der Waals surface area contributed by atoms with Crippen molar-refractivity contribution >= 4 is 7.44 Å². The lowest BCUT2D eigenvalue weighted by Gasteiger charge is -2.28. The maximum atomic E-state index is 12.5. The molecule has 5 heteroatoms. The highest BCUT2D eigenvalue weighted by Gasteiger charge is 2.50. The summed E-state index contributed by atoms with van der Waals surface area (Å²) in [5, 5.41) is 0. The third kappa shape index (κ3) is 1.28. The van der Waals surface area contributed by atoms with Crippen molar-refractivity contribution in [1.82, 2.24) is 9.34 Å². The fourth-order valence-electron chi connectivity index (χ4n) is 2.91. The number of fused-ring (bicyclic) bond motifs is 1. The Labute approximate surface area is 85.9 Å². The highest BCUT2D eigenvalue weighted by atomic mass is 31.2. The summed E-state index contributed by atoms with van der Waals surface area (Å²) in [6, 6.07) is 0.950. The highest BCUT2D eigenvalue weighted by Crippen LogP contribution is 2.60. The molecule has 0 spiro atoms. The summed E-state index contributed by atoms with van der Waals surface area (Å²) in [5.41, 5.74) is 5.66. The van der Waals surface area contributed by atoms with Gasteiger partial charge in [0.25, 0.3) is 0 Å². The van der Waals surface area contributed by atoms with Crippen LogP contribution in [0.15, 0.2) is 0 Å². The molecule has 2 atom stereocenters. The Morgan fingerprint density at radius 1 is 1.21 bits per heavy atom. The average molecular weight is 217 g/mol. The topological polar surface area (TPSA) is 49.6 Å². The number of hydrogen-bond donors (Lipinski definition) is 1. The largest absolute Gasteiger partial charge is 0.322 e. The summed E-state index contributed by atoms with van der Waals surface area (Å²) in [6.07, 6.45) is 5.17. The van der Waals surface area contributed by atoms with Crippen molar-refractivity contribution in [1.29, 1.82) is 0 Å². The van der Waals surface area contributed by atoms with Crippen molar-refractivity contribution in [3.8, 4) is 0 Å². The van der Waals surface area contributed by atoms with E-state index in [0.29, 0.717) is 12.1 Å². The van der Waals surface area contributed by atoms with Gasteiger partial charge in [0, 0.05) is 12.1 Å². The van der Waals surface area contributed by atoms with Crippen molar-refractivity contribution in [2.45, 2.75) is 37.8 Å². The Bertz CT molecular complexity index is 249. The fraction of sp³-hybridized carbons (Fsp3) is 1.00. The van der Waals surface area contributed by atoms with E-state index in [-0.39, 0.29) is 6.29 Å². The zero-order chi connectivity index (χ0) is 10.3. The molecular weight excluding hydrogens is 197 g/mol. The molecule has 1 aliphatic heterocycles. The molecule has 0 bridgehead atoms. The van der Waals surface area contributed by atoms with Gasteiger partial charge in [-0.25, -0.2) is 9.34 Å². The van der Waals surface area contributed by atoms with E-state index in [2.05, 4.69) is 9.34 Å². The van der Waals surface area contributed by atoms with E-state index in [9.17, 15) is 4.57 Å². The standard InChI is InChI=1S/C9H20N3OP/c1-11-8-5-3-4-6-9(8)12(2)14(11,13)7-10/h8-9H,3-7,10H2,1-2H3/t8-,9-/m1/s1. The lowest BCUT2D eigenvalue weighted by molar-refractivity contribution is 0.233. The summed E-state index contributed by atoms with van der Waals surface area (Å²) in [5.74, 6) is 0. The van der Waals surface area contributed by atoms with Crippen LogP contribution in [0.25, 0.3) is 0 Å². The zero-order valence-corrected chi connectivity index (χ0v) is 9.91. The van der Waals surface area contributed by atoms with Crippen LogP contribution >= 0.6 is 7.44 Å². The van der Waals surface area contributed by atoms with Crippen LogP contribution in [0.5, 0.6) is 0 Å².